The fourth-order valence-electron chi connectivity index (χ4n) is 0.883. The second-order valence-electron chi connectivity index (χ2n) is 2.94. The van der Waals surface area contributed by atoms with Gasteiger partial charge >= 0.3 is 0 Å². The van der Waals surface area contributed by atoms with Gasteiger partial charge in [0.15, 0.2) is 0 Å². The quantitative estimate of drug-likeness (QED) is 0.437. The normalized spacial score (nSPS) is 29.6. The van der Waals surface area contributed by atoms with Gasteiger partial charge in [-0.2, -0.15) is 0 Å². The van der Waals surface area contributed by atoms with Gasteiger partial charge in [-0.05, 0) is 17.2 Å². The molecule has 0 N–H and O–H groups in total. The number of nitrogens with zero attached hydrogens (tertiary/aromatic N) is 1. The highest BCUT2D eigenvalue weighted by Gasteiger charge is 2.32. The number of halogens is 1. The summed E-state index contributed by atoms with van der Waals surface area (Å²) >= 11 is 5.57. The van der Waals surface area contributed by atoms with E-state index in [4.69, 9.17) is 11.8 Å². The van der Waals surface area contributed by atoms with E-state index < -0.39 is 0 Å². The number of hydrogen-bond donors (Lipinski definition) is 0. The minimum atomic E-state index is 0.488. The first-order valence-electron chi connectivity index (χ1n) is 2.51. The van der Waals surface area contributed by atoms with Crippen molar-refractivity contribution in [3.05, 3.63) is 0 Å². The molecule has 1 aliphatic rings. The Labute approximate surface area is 49.4 Å². The van der Waals surface area contributed by atoms with Crippen LogP contribution in [0.2, 0.25) is 0 Å². The SMILES string of the molecule is CC1(C)CN(Cl)C1. The van der Waals surface area contributed by atoms with E-state index in [0.29, 0.717) is 5.41 Å². The Morgan fingerprint density at radius 1 is 1.43 bits per heavy atom. The summed E-state index contributed by atoms with van der Waals surface area (Å²) in [6.45, 7) is 6.50. The highest BCUT2D eigenvalue weighted by atomic mass is 35.5. The van der Waals surface area contributed by atoms with Gasteiger partial charge in [0.25, 0.3) is 0 Å². The van der Waals surface area contributed by atoms with Crippen LogP contribution in [0, 0.1) is 5.41 Å². The molecule has 0 saturated carbocycles. The van der Waals surface area contributed by atoms with Crippen molar-refractivity contribution >= 4 is 11.8 Å². The molecule has 0 unspecified atom stereocenters. The van der Waals surface area contributed by atoms with Crippen molar-refractivity contribution in [1.82, 2.24) is 4.42 Å². The Balaban J connectivity index is 2.29. The zero-order valence-corrected chi connectivity index (χ0v) is 5.50. The van der Waals surface area contributed by atoms with Gasteiger partial charge in [-0.1, -0.05) is 13.8 Å². The lowest BCUT2D eigenvalue weighted by Gasteiger charge is -2.40. The lowest BCUT2D eigenvalue weighted by atomic mass is 9.87. The zero-order chi connectivity index (χ0) is 5.49. The van der Waals surface area contributed by atoms with Crippen LogP contribution in [0.5, 0.6) is 0 Å². The van der Waals surface area contributed by atoms with E-state index in [1.165, 1.54) is 0 Å². The van der Waals surface area contributed by atoms with E-state index in [1.54, 1.807) is 4.42 Å². The zero-order valence-electron chi connectivity index (χ0n) is 4.74. The summed E-state index contributed by atoms with van der Waals surface area (Å²) in [4.78, 5) is 0. The first kappa shape index (κ1) is 5.39. The van der Waals surface area contributed by atoms with E-state index in [-0.39, 0.29) is 0 Å². The first-order valence-corrected chi connectivity index (χ1v) is 2.85. The molecule has 1 fully saturated rings. The third kappa shape index (κ3) is 1.07. The summed E-state index contributed by atoms with van der Waals surface area (Å²) in [5.41, 5.74) is 0.488. The highest BCUT2D eigenvalue weighted by Crippen LogP contribution is 2.29. The molecular weight excluding hydrogens is 110 g/mol. The third-order valence-corrected chi connectivity index (χ3v) is 1.44. The summed E-state index contributed by atoms with van der Waals surface area (Å²) in [5, 5.41) is 0. The van der Waals surface area contributed by atoms with E-state index in [2.05, 4.69) is 13.8 Å². The van der Waals surface area contributed by atoms with Gasteiger partial charge in [-0.3, -0.25) is 0 Å². The highest BCUT2D eigenvalue weighted by molar-refractivity contribution is 6.13. The molecule has 0 aromatic heterocycles. The molecule has 42 valence electrons. The predicted molar refractivity (Wildman–Crippen MR) is 31.2 cm³/mol. The van der Waals surface area contributed by atoms with E-state index in [9.17, 15) is 0 Å². The van der Waals surface area contributed by atoms with Gasteiger partial charge in [-0.15, -0.1) is 0 Å². The van der Waals surface area contributed by atoms with Crippen LogP contribution in [0.4, 0.5) is 0 Å². The number of hydrogen-bond acceptors (Lipinski definition) is 1. The van der Waals surface area contributed by atoms with Crippen LogP contribution in [0.1, 0.15) is 13.8 Å². The molecule has 0 aliphatic carbocycles. The molecule has 1 aliphatic heterocycles. The monoisotopic (exact) mass is 119 g/mol. The minimum Gasteiger partial charge on any atom is -0.219 e. The van der Waals surface area contributed by atoms with Crippen molar-refractivity contribution in [2.24, 2.45) is 5.41 Å². The van der Waals surface area contributed by atoms with Crippen LogP contribution in [-0.2, 0) is 0 Å². The first-order chi connectivity index (χ1) is 3.10. The molecule has 0 radical (unpaired) electrons. The lowest BCUT2D eigenvalue weighted by Crippen LogP contribution is -2.47. The summed E-state index contributed by atoms with van der Waals surface area (Å²) in [6.07, 6.45) is 0. The van der Waals surface area contributed by atoms with Crippen molar-refractivity contribution in [3.63, 3.8) is 0 Å². The van der Waals surface area contributed by atoms with Crippen molar-refractivity contribution in [2.75, 3.05) is 13.1 Å². The Hall–Kier alpha value is 0.250. The summed E-state index contributed by atoms with van der Waals surface area (Å²) < 4.78 is 1.81. The molecule has 0 amide bonds. The Morgan fingerprint density at radius 3 is 1.86 bits per heavy atom. The number of rotatable bonds is 0. The standard InChI is InChI=1S/C5H10ClN/c1-5(2)3-7(6)4-5/h3-4H2,1-2H3. The van der Waals surface area contributed by atoms with Crippen molar-refractivity contribution < 1.29 is 0 Å². The predicted octanol–water partition coefficient (Wildman–Crippen LogP) is 1.48. The molecule has 7 heavy (non-hydrogen) atoms. The lowest BCUT2D eigenvalue weighted by molar-refractivity contribution is 0.115. The minimum absolute atomic E-state index is 0.488. The molecule has 2 heteroatoms. The molecular formula is C5H10ClN. The maximum Gasteiger partial charge on any atom is 0.0203 e. The van der Waals surface area contributed by atoms with Crippen LogP contribution < -0.4 is 0 Å². The van der Waals surface area contributed by atoms with Gasteiger partial charge in [0.05, 0.1) is 0 Å². The van der Waals surface area contributed by atoms with Gasteiger partial charge in [-0.25, -0.2) is 4.42 Å². The third-order valence-electron chi connectivity index (χ3n) is 1.20. The second-order valence-corrected chi connectivity index (χ2v) is 3.42. The fraction of sp³-hybridized carbons (Fsp3) is 1.00. The van der Waals surface area contributed by atoms with Gasteiger partial charge in [0.2, 0.25) is 0 Å². The average molecular weight is 120 g/mol. The second kappa shape index (κ2) is 1.36. The van der Waals surface area contributed by atoms with Gasteiger partial charge in [0.1, 0.15) is 0 Å². The van der Waals surface area contributed by atoms with Crippen LogP contribution >= 0.6 is 11.8 Å². The molecule has 1 rings (SSSR count). The summed E-state index contributed by atoms with van der Waals surface area (Å²) in [6, 6.07) is 0. The molecule has 1 nitrogen and oxygen atoms in total. The van der Waals surface area contributed by atoms with Crippen molar-refractivity contribution in [2.45, 2.75) is 13.8 Å². The van der Waals surface area contributed by atoms with Gasteiger partial charge < -0.3 is 0 Å². The van der Waals surface area contributed by atoms with E-state index in [1.807, 2.05) is 0 Å². The Kier molecular flexibility index (Phi) is 1.05. The molecule has 0 atom stereocenters. The van der Waals surface area contributed by atoms with E-state index in [0.717, 1.165) is 13.1 Å². The fourth-order valence-corrected chi connectivity index (χ4v) is 1.53. The van der Waals surface area contributed by atoms with Crippen LogP contribution in [-0.4, -0.2) is 17.5 Å². The largest absolute Gasteiger partial charge is 0.219 e. The van der Waals surface area contributed by atoms with Crippen LogP contribution in [0.3, 0.4) is 0 Å². The van der Waals surface area contributed by atoms with Crippen molar-refractivity contribution in [1.29, 1.82) is 0 Å². The van der Waals surface area contributed by atoms with Gasteiger partial charge in [0, 0.05) is 13.1 Å². The Morgan fingerprint density at radius 2 is 1.86 bits per heavy atom. The summed E-state index contributed by atoms with van der Waals surface area (Å²) in [5.74, 6) is 0. The molecule has 0 bridgehead atoms. The smallest absolute Gasteiger partial charge is 0.0203 e. The van der Waals surface area contributed by atoms with Crippen molar-refractivity contribution in [3.8, 4) is 0 Å². The van der Waals surface area contributed by atoms with Crippen LogP contribution in [0.25, 0.3) is 0 Å². The summed E-state index contributed by atoms with van der Waals surface area (Å²) in [7, 11) is 0. The maximum atomic E-state index is 5.57. The van der Waals surface area contributed by atoms with E-state index >= 15 is 0 Å². The maximum absolute atomic E-state index is 5.57. The Bertz CT molecular complexity index is 72.1. The molecule has 0 spiro atoms. The van der Waals surface area contributed by atoms with Crippen LogP contribution in [0.15, 0.2) is 0 Å². The topological polar surface area (TPSA) is 3.24 Å². The molecule has 1 saturated heterocycles. The molecule has 0 aromatic rings. The molecule has 1 heterocycles. The molecule has 0 aromatic carbocycles. The average Bonchev–Trinajstić information content (AvgIpc) is 1.27.